The van der Waals surface area contributed by atoms with Gasteiger partial charge in [-0.1, -0.05) is 48.5 Å². The molecule has 232 valence electrons. The molecular formula is C37H38N2O6. The molecule has 0 spiro atoms. The number of aromatic nitrogens is 1. The van der Waals surface area contributed by atoms with Gasteiger partial charge in [-0.3, -0.25) is 4.79 Å². The first-order valence-electron chi connectivity index (χ1n) is 15.1. The summed E-state index contributed by atoms with van der Waals surface area (Å²) in [7, 11) is 3.66. The van der Waals surface area contributed by atoms with E-state index in [2.05, 4.69) is 11.9 Å². The topological polar surface area (TPSA) is 82.4 Å². The molecule has 0 saturated carbocycles. The van der Waals surface area contributed by atoms with Gasteiger partial charge in [-0.05, 0) is 73.0 Å². The number of ether oxygens (including phenoxy) is 4. The number of aliphatic hydroxyl groups is 1. The summed E-state index contributed by atoms with van der Waals surface area (Å²) in [5, 5.41) is 12.5. The molecule has 0 aliphatic carbocycles. The molecule has 0 saturated heterocycles. The normalized spacial score (nSPS) is 14.9. The van der Waals surface area contributed by atoms with Crippen molar-refractivity contribution in [3.8, 4) is 17.2 Å². The summed E-state index contributed by atoms with van der Waals surface area (Å²) in [4.78, 5) is 15.1. The van der Waals surface area contributed by atoms with E-state index in [0.29, 0.717) is 17.9 Å². The fourth-order valence-corrected chi connectivity index (χ4v) is 5.99. The number of para-hydroxylation sites is 2. The second-order valence-electron chi connectivity index (χ2n) is 11.4. The highest BCUT2D eigenvalue weighted by Crippen LogP contribution is 2.35. The third-order valence-corrected chi connectivity index (χ3v) is 8.36. The van der Waals surface area contributed by atoms with Crippen molar-refractivity contribution >= 4 is 22.6 Å². The molecule has 2 heterocycles. The summed E-state index contributed by atoms with van der Waals surface area (Å²) in [6.07, 6.45) is -1.04. The van der Waals surface area contributed by atoms with Gasteiger partial charge in [0.25, 0.3) is 0 Å². The van der Waals surface area contributed by atoms with Gasteiger partial charge in [-0.25, -0.2) is 0 Å². The molecule has 1 aliphatic rings. The Hall–Kier alpha value is -4.95. The first-order valence-corrected chi connectivity index (χ1v) is 15.1. The van der Waals surface area contributed by atoms with Crippen LogP contribution < -0.4 is 19.1 Å². The zero-order valence-corrected chi connectivity index (χ0v) is 26.0. The van der Waals surface area contributed by atoms with Gasteiger partial charge in [0.1, 0.15) is 36.6 Å². The number of rotatable bonds is 10. The molecule has 8 heteroatoms. The number of likely N-dealkylation sites (N-methyl/N-ethyl adjacent to an activating group) is 1. The Bertz CT molecular complexity index is 1820. The molecular weight excluding hydrogens is 568 g/mol. The van der Waals surface area contributed by atoms with Crippen molar-refractivity contribution in [1.29, 1.82) is 0 Å². The number of hydrogen-bond acceptors (Lipinski definition) is 7. The van der Waals surface area contributed by atoms with Gasteiger partial charge in [0.05, 0.1) is 31.3 Å². The highest BCUT2D eigenvalue weighted by molar-refractivity contribution is 5.90. The van der Waals surface area contributed by atoms with Crippen LogP contribution in [0.1, 0.15) is 34.2 Å². The van der Waals surface area contributed by atoms with Crippen LogP contribution in [0.5, 0.6) is 17.2 Å². The highest BCUT2D eigenvalue weighted by Gasteiger charge is 2.25. The van der Waals surface area contributed by atoms with Gasteiger partial charge >= 0.3 is 5.97 Å². The standard InChI is InChI=1S/C37H38N2O6/c1-24-18-27(14-17-34(24)43-23-29-21-38(3)33-12-8-9-13-35(33)45-29)37(41)39-25(2)30(31-19-28(42-4)15-16-32(31)39)20-36(40)44-22-26-10-6-5-7-11-26/h5-19,29,37,41H,20-23H2,1-4H3/t29-,37?/m0/s1. The van der Waals surface area contributed by atoms with Gasteiger partial charge in [-0.2, -0.15) is 0 Å². The van der Waals surface area contributed by atoms with Crippen molar-refractivity contribution in [2.24, 2.45) is 0 Å². The van der Waals surface area contributed by atoms with E-state index < -0.39 is 6.23 Å². The van der Waals surface area contributed by atoms with E-state index in [9.17, 15) is 9.90 Å². The maximum atomic E-state index is 13.0. The van der Waals surface area contributed by atoms with Crippen molar-refractivity contribution in [1.82, 2.24) is 4.57 Å². The number of aliphatic hydroxyl groups excluding tert-OH is 1. The maximum absolute atomic E-state index is 13.0. The number of aryl methyl sites for hydroxylation is 1. The lowest BCUT2D eigenvalue weighted by atomic mass is 10.1. The smallest absolute Gasteiger partial charge is 0.310 e. The number of carbonyl (C=O) groups excluding carboxylic acids is 1. The molecule has 2 atom stereocenters. The second kappa shape index (κ2) is 13.0. The van der Waals surface area contributed by atoms with E-state index in [1.165, 1.54) is 0 Å². The summed E-state index contributed by atoms with van der Waals surface area (Å²) in [5.41, 5.74) is 5.96. The summed E-state index contributed by atoms with van der Waals surface area (Å²) >= 11 is 0. The molecule has 1 unspecified atom stereocenters. The van der Waals surface area contributed by atoms with Crippen LogP contribution in [-0.2, 0) is 22.6 Å². The van der Waals surface area contributed by atoms with E-state index in [-0.39, 0.29) is 25.1 Å². The van der Waals surface area contributed by atoms with Gasteiger partial charge in [-0.15, -0.1) is 0 Å². The van der Waals surface area contributed by atoms with Crippen molar-refractivity contribution in [3.05, 3.63) is 119 Å². The van der Waals surface area contributed by atoms with Crippen molar-refractivity contribution in [2.75, 3.05) is 32.2 Å². The van der Waals surface area contributed by atoms with Gasteiger partial charge in [0.15, 0.2) is 6.23 Å². The van der Waals surface area contributed by atoms with Gasteiger partial charge < -0.3 is 33.5 Å². The third kappa shape index (κ3) is 6.33. The Labute approximate surface area is 263 Å². The van der Waals surface area contributed by atoms with Gasteiger partial charge in [0.2, 0.25) is 0 Å². The Balaban J connectivity index is 1.20. The number of benzene rings is 4. The van der Waals surface area contributed by atoms with Gasteiger partial charge in [0, 0.05) is 23.7 Å². The van der Waals surface area contributed by atoms with Crippen molar-refractivity contribution in [3.63, 3.8) is 0 Å². The number of esters is 1. The number of methoxy groups -OCH3 is 1. The summed E-state index contributed by atoms with van der Waals surface area (Å²) < 4.78 is 25.3. The molecule has 8 nitrogen and oxygen atoms in total. The monoisotopic (exact) mass is 606 g/mol. The van der Waals surface area contributed by atoms with E-state index in [1.807, 2.05) is 109 Å². The van der Waals surface area contributed by atoms with Crippen molar-refractivity contribution < 1.29 is 28.8 Å². The first-order chi connectivity index (χ1) is 21.8. The molecule has 1 N–H and O–H groups in total. The number of nitrogens with zero attached hydrogens (tertiary/aromatic N) is 2. The predicted octanol–water partition coefficient (Wildman–Crippen LogP) is 6.37. The molecule has 0 fully saturated rings. The molecule has 1 aliphatic heterocycles. The van der Waals surface area contributed by atoms with Crippen LogP contribution in [0, 0.1) is 13.8 Å². The van der Waals surface area contributed by atoms with E-state index >= 15 is 0 Å². The van der Waals surface area contributed by atoms with Crippen LogP contribution in [0.15, 0.2) is 91.0 Å². The summed E-state index contributed by atoms with van der Waals surface area (Å²) in [5.74, 6) is 1.91. The van der Waals surface area contributed by atoms with Crippen LogP contribution in [0.3, 0.4) is 0 Å². The molecule has 45 heavy (non-hydrogen) atoms. The average molecular weight is 607 g/mol. The lowest BCUT2D eigenvalue weighted by Crippen LogP contribution is -2.41. The largest absolute Gasteiger partial charge is 0.497 e. The van der Waals surface area contributed by atoms with Crippen LogP contribution in [0.25, 0.3) is 10.9 Å². The molecule has 1 aromatic heterocycles. The average Bonchev–Trinajstić information content (AvgIpc) is 3.33. The number of fused-ring (bicyclic) bond motifs is 2. The Morgan fingerprint density at radius 1 is 1.00 bits per heavy atom. The fourth-order valence-electron chi connectivity index (χ4n) is 5.99. The van der Waals surface area contributed by atoms with Crippen LogP contribution >= 0.6 is 0 Å². The highest BCUT2D eigenvalue weighted by atomic mass is 16.5. The zero-order chi connectivity index (χ0) is 31.5. The summed E-state index contributed by atoms with van der Waals surface area (Å²) in [6.45, 7) is 5.20. The fraction of sp³-hybridized carbons (Fsp3) is 0.270. The second-order valence-corrected chi connectivity index (χ2v) is 11.4. The number of hydrogen-bond donors (Lipinski definition) is 1. The SMILES string of the molecule is COc1ccc2c(c1)c(CC(=O)OCc1ccccc1)c(C)n2C(O)c1ccc(OC[C@@H]2CN(C)c3ccccc3O2)c(C)c1. The van der Waals surface area contributed by atoms with E-state index in [1.54, 1.807) is 7.11 Å². The van der Waals surface area contributed by atoms with E-state index in [4.69, 9.17) is 18.9 Å². The lowest BCUT2D eigenvalue weighted by Gasteiger charge is -2.33. The Morgan fingerprint density at radius 3 is 2.56 bits per heavy atom. The lowest BCUT2D eigenvalue weighted by molar-refractivity contribution is -0.144. The quantitative estimate of drug-likeness (QED) is 0.185. The Morgan fingerprint density at radius 2 is 1.78 bits per heavy atom. The summed E-state index contributed by atoms with van der Waals surface area (Å²) in [6, 6.07) is 29.0. The zero-order valence-electron chi connectivity index (χ0n) is 26.0. The molecule has 6 rings (SSSR count). The first kappa shape index (κ1) is 30.1. The predicted molar refractivity (Wildman–Crippen MR) is 174 cm³/mol. The maximum Gasteiger partial charge on any atom is 0.310 e. The molecule has 0 radical (unpaired) electrons. The number of anilines is 1. The van der Waals surface area contributed by atoms with Crippen molar-refractivity contribution in [2.45, 2.75) is 39.2 Å². The molecule has 0 bridgehead atoms. The minimum Gasteiger partial charge on any atom is -0.497 e. The van der Waals surface area contributed by atoms with E-state index in [0.717, 1.165) is 57.0 Å². The Kier molecular flexibility index (Phi) is 8.67. The molecule has 0 amide bonds. The van der Waals surface area contributed by atoms with Crippen LogP contribution in [0.4, 0.5) is 5.69 Å². The molecule has 4 aromatic carbocycles. The van der Waals surface area contributed by atoms with Crippen LogP contribution in [0.2, 0.25) is 0 Å². The third-order valence-electron chi connectivity index (χ3n) is 8.36. The number of carbonyl (C=O) groups is 1. The minimum absolute atomic E-state index is 0.0662. The minimum atomic E-state index is -0.991. The molecule has 5 aromatic rings. The van der Waals surface area contributed by atoms with Crippen LogP contribution in [-0.4, -0.2) is 49.1 Å².